The zero-order valence-electron chi connectivity index (χ0n) is 48.1. The Morgan fingerprint density at radius 3 is 1.47 bits per heavy atom. The molecular weight excluding hydrogens is 1040 g/mol. The number of hydrogen-bond donors (Lipinski definition) is 15. The van der Waals surface area contributed by atoms with E-state index in [-0.39, 0.29) is 87.9 Å². The number of carboxylic acid groups (broad SMARTS) is 1. The number of nitrogens with two attached hydrogens (primary N) is 1. The molecule has 0 aliphatic heterocycles. The molecule has 81 heavy (non-hydrogen) atoms. The van der Waals surface area contributed by atoms with E-state index in [0.717, 1.165) is 12.8 Å². The van der Waals surface area contributed by atoms with E-state index in [4.69, 9.17) is 10.8 Å². The predicted molar refractivity (Wildman–Crippen MR) is 320 cm³/mol. The standard InChI is InChI=1S/C64H101NO16/c1-46(27-19-15-11-7-5-8-12-16-20-28-47(2)64(80)81)63(79)49(4)61(77)37-22-18-14-10-6-9-13-17-21-36-60(76)48(3)62(78)45-59(75)44-58(74)42-54(70)34-25-33-53(69)41-57(73)43-56(72)40-52(68)32-24-30-50(66)29-23-31-51(67)39-55(71)35-26-38-65/h5-10,12-14,16-25,27-29,32,34,37,46,48-61,63,66-77,79H,11,15,26,30-31,33,35-36,38-45,65H2,1-4H3,(H,80,81)/b7-5+,10-6+,12-8+,13-9+,18-14+,20-16+,21-17+,27-19+,29-23+,32-24+,34-25+,37-22+,47-28+. The monoisotopic (exact) mass is 1140 g/mol. The van der Waals surface area contributed by atoms with E-state index < -0.39 is 97.2 Å². The SMILES string of the molecule is C\C(=C/C=C/C=C/C=C/CC/C=C/C(C)C(O)C(C)C(O)/C=C/C=C/C=C/C=C/C=C/CC(O)C(C)C(=O)CC(O)CC(O)CC(O)/C=C/CC(O)CC(O)CC(O)CC(O)/C=C/CC(O)/C=C/CC(O)CC(O)CCCN)C(=O)O. The number of Topliss-reactive ketones (excluding diaryl/α,β-unsaturated/α-hetero) is 1. The molecule has 16 unspecified atom stereocenters. The molecule has 0 fully saturated rings. The van der Waals surface area contributed by atoms with Crippen LogP contribution in [0.15, 0.2) is 157 Å². The van der Waals surface area contributed by atoms with Gasteiger partial charge in [-0.3, -0.25) is 4.79 Å². The lowest BCUT2D eigenvalue weighted by Crippen LogP contribution is -2.32. The fourth-order valence-electron chi connectivity index (χ4n) is 8.05. The molecule has 0 aromatic rings. The number of allylic oxidation sites excluding steroid dienone is 16. The van der Waals surface area contributed by atoms with Crippen LogP contribution in [-0.2, 0) is 9.59 Å². The Labute approximate surface area is 482 Å². The highest BCUT2D eigenvalue weighted by Crippen LogP contribution is 2.20. The van der Waals surface area contributed by atoms with Gasteiger partial charge in [-0.05, 0) is 90.5 Å². The minimum atomic E-state index is -1.21. The molecule has 0 aromatic carbocycles. The largest absolute Gasteiger partial charge is 0.478 e. The van der Waals surface area contributed by atoms with Crippen LogP contribution in [0.5, 0.6) is 0 Å². The van der Waals surface area contributed by atoms with Crippen molar-refractivity contribution in [3.63, 3.8) is 0 Å². The minimum absolute atomic E-state index is 0.0527. The van der Waals surface area contributed by atoms with Crippen molar-refractivity contribution in [1.82, 2.24) is 0 Å². The number of aliphatic hydroxyl groups is 13. The number of hydrogen-bond acceptors (Lipinski definition) is 16. The first kappa shape index (κ1) is 76.2. The number of aliphatic hydroxyl groups excluding tert-OH is 13. The Morgan fingerprint density at radius 2 is 0.901 bits per heavy atom. The molecule has 0 spiro atoms. The van der Waals surface area contributed by atoms with Crippen molar-refractivity contribution < 1.29 is 81.1 Å². The van der Waals surface area contributed by atoms with Crippen molar-refractivity contribution in [2.45, 2.75) is 203 Å². The highest BCUT2D eigenvalue weighted by atomic mass is 16.4. The zero-order chi connectivity index (χ0) is 61.0. The molecule has 0 amide bonds. The zero-order valence-corrected chi connectivity index (χ0v) is 48.1. The lowest BCUT2D eigenvalue weighted by molar-refractivity contribution is -0.132. The Balaban J connectivity index is 4.51. The fraction of sp³-hybridized carbons (Fsp3) is 0.562. The molecule has 0 aliphatic carbocycles. The number of rotatable bonds is 46. The van der Waals surface area contributed by atoms with E-state index >= 15 is 0 Å². The van der Waals surface area contributed by atoms with Gasteiger partial charge < -0.3 is 77.2 Å². The van der Waals surface area contributed by atoms with Gasteiger partial charge in [0, 0.05) is 42.6 Å². The second-order valence-corrected chi connectivity index (χ2v) is 20.9. The number of aliphatic carboxylic acids is 1. The third-order valence-corrected chi connectivity index (χ3v) is 13.2. The number of ketones is 1. The minimum Gasteiger partial charge on any atom is -0.478 e. The molecule has 0 rings (SSSR count). The van der Waals surface area contributed by atoms with Gasteiger partial charge >= 0.3 is 5.97 Å². The van der Waals surface area contributed by atoms with Gasteiger partial charge in [-0.25, -0.2) is 4.79 Å². The highest BCUT2D eigenvalue weighted by molar-refractivity contribution is 5.86. The van der Waals surface area contributed by atoms with Crippen LogP contribution in [0.25, 0.3) is 0 Å². The van der Waals surface area contributed by atoms with Gasteiger partial charge in [0.25, 0.3) is 0 Å². The number of unbranched alkanes of at least 4 members (excludes halogenated alkanes) is 1. The molecule has 17 nitrogen and oxygen atoms in total. The quantitative estimate of drug-likeness (QED) is 0.0151. The second kappa shape index (κ2) is 47.7. The molecular formula is C64H101NO16. The van der Waals surface area contributed by atoms with Gasteiger partial charge in [0.2, 0.25) is 0 Å². The predicted octanol–water partition coefficient (Wildman–Crippen LogP) is 5.67. The molecule has 17 heteroatoms. The average Bonchev–Trinajstić information content (AvgIpc) is 3.40. The summed E-state index contributed by atoms with van der Waals surface area (Å²) in [6.45, 7) is 7.25. The normalized spacial score (nSPS) is 19.6. The maximum absolute atomic E-state index is 12.8. The second-order valence-electron chi connectivity index (χ2n) is 20.9. The van der Waals surface area contributed by atoms with Gasteiger partial charge in [0.1, 0.15) is 5.78 Å². The van der Waals surface area contributed by atoms with Crippen LogP contribution in [0.4, 0.5) is 0 Å². The van der Waals surface area contributed by atoms with Crippen molar-refractivity contribution in [2.75, 3.05) is 6.54 Å². The van der Waals surface area contributed by atoms with Crippen LogP contribution in [0.3, 0.4) is 0 Å². The van der Waals surface area contributed by atoms with Crippen molar-refractivity contribution in [3.8, 4) is 0 Å². The van der Waals surface area contributed by atoms with Crippen LogP contribution in [-0.4, -0.2) is 169 Å². The van der Waals surface area contributed by atoms with E-state index in [9.17, 15) is 76.0 Å². The molecule has 0 bridgehead atoms. The molecule has 16 atom stereocenters. The molecule has 0 aromatic heterocycles. The number of carboxylic acids is 1. The Morgan fingerprint density at radius 1 is 0.444 bits per heavy atom. The van der Waals surface area contributed by atoms with Crippen LogP contribution in [0, 0.1) is 17.8 Å². The summed E-state index contributed by atoms with van der Waals surface area (Å²) in [6.07, 6.45) is 33.0. The third-order valence-electron chi connectivity index (χ3n) is 13.2. The number of carbonyl (C=O) groups excluding carboxylic acids is 1. The lowest BCUT2D eigenvalue weighted by Gasteiger charge is -2.25. The van der Waals surface area contributed by atoms with Gasteiger partial charge in [-0.15, -0.1) is 0 Å². The van der Waals surface area contributed by atoms with Crippen LogP contribution < -0.4 is 5.73 Å². The summed E-state index contributed by atoms with van der Waals surface area (Å²) >= 11 is 0. The summed E-state index contributed by atoms with van der Waals surface area (Å²) < 4.78 is 0. The summed E-state index contributed by atoms with van der Waals surface area (Å²) in [5, 5.41) is 144. The van der Waals surface area contributed by atoms with Crippen molar-refractivity contribution >= 4 is 11.8 Å². The number of carbonyl (C=O) groups is 2. The van der Waals surface area contributed by atoms with Crippen LogP contribution in [0.1, 0.15) is 124 Å². The molecule has 0 aliphatic rings. The highest BCUT2D eigenvalue weighted by Gasteiger charge is 2.26. The summed E-state index contributed by atoms with van der Waals surface area (Å²) in [4.78, 5) is 23.6. The van der Waals surface area contributed by atoms with Crippen molar-refractivity contribution in [1.29, 1.82) is 0 Å². The molecule has 0 saturated carbocycles. The topological polar surface area (TPSA) is 343 Å². The first-order chi connectivity index (χ1) is 38.5. The van der Waals surface area contributed by atoms with Crippen molar-refractivity contribution in [3.05, 3.63) is 157 Å². The van der Waals surface area contributed by atoms with E-state index in [1.807, 2.05) is 43.4 Å². The van der Waals surface area contributed by atoms with Gasteiger partial charge in [0.15, 0.2) is 0 Å². The molecule has 0 heterocycles. The third kappa shape index (κ3) is 42.6. The first-order valence-corrected chi connectivity index (χ1v) is 28.4. The Kier molecular flexibility index (Phi) is 44.8. The molecule has 16 N–H and O–H groups in total. The maximum Gasteiger partial charge on any atom is 0.331 e. The Bertz CT molecular complexity index is 2070. The average molecular weight is 1140 g/mol. The van der Waals surface area contributed by atoms with Gasteiger partial charge in [-0.1, -0.05) is 173 Å². The first-order valence-electron chi connectivity index (χ1n) is 28.4. The van der Waals surface area contributed by atoms with Crippen LogP contribution >= 0.6 is 0 Å². The van der Waals surface area contributed by atoms with Crippen molar-refractivity contribution in [2.24, 2.45) is 23.5 Å². The summed E-state index contributed by atoms with van der Waals surface area (Å²) in [6, 6.07) is 0. The van der Waals surface area contributed by atoms with Gasteiger partial charge in [-0.2, -0.15) is 0 Å². The summed E-state index contributed by atoms with van der Waals surface area (Å²) in [7, 11) is 0. The lowest BCUT2D eigenvalue weighted by atomic mass is 9.88. The summed E-state index contributed by atoms with van der Waals surface area (Å²) in [5.41, 5.74) is 5.69. The maximum atomic E-state index is 12.8. The van der Waals surface area contributed by atoms with E-state index in [2.05, 4.69) is 0 Å². The van der Waals surface area contributed by atoms with Crippen LogP contribution in [0.2, 0.25) is 0 Å². The molecule has 0 saturated heterocycles. The smallest absolute Gasteiger partial charge is 0.331 e. The molecule has 458 valence electrons. The Hall–Kier alpha value is -4.80. The van der Waals surface area contributed by atoms with E-state index in [0.29, 0.717) is 19.4 Å². The summed E-state index contributed by atoms with van der Waals surface area (Å²) in [5.74, 6) is -2.67. The fourth-order valence-corrected chi connectivity index (χ4v) is 8.05. The van der Waals surface area contributed by atoms with E-state index in [1.165, 1.54) is 37.3 Å². The molecule has 0 radical (unpaired) electrons. The van der Waals surface area contributed by atoms with Gasteiger partial charge in [0.05, 0.1) is 79.4 Å². The van der Waals surface area contributed by atoms with E-state index in [1.54, 1.807) is 98.9 Å².